The summed E-state index contributed by atoms with van der Waals surface area (Å²) in [4.78, 5) is 4.70. The Labute approximate surface area is 114 Å². The fourth-order valence-corrected chi connectivity index (χ4v) is 4.05. The molecule has 1 aliphatic heterocycles. The lowest BCUT2D eigenvalue weighted by Gasteiger charge is -2.32. The van der Waals surface area contributed by atoms with E-state index in [1.54, 1.807) is 0 Å². The van der Waals surface area contributed by atoms with Crippen LogP contribution in [0.25, 0.3) is 0 Å². The highest BCUT2D eigenvalue weighted by atomic mass is 32.1. The number of thiophene rings is 1. The van der Waals surface area contributed by atoms with Gasteiger partial charge in [-0.25, -0.2) is 0 Å². The Hall–Kier alpha value is -0.830. The topological polar surface area (TPSA) is 24.4 Å². The molecule has 2 aliphatic rings. The molecule has 0 spiro atoms. The predicted octanol–water partition coefficient (Wildman–Crippen LogP) is 3.66. The molecule has 1 atom stereocenters. The number of rotatable bonds is 3. The van der Waals surface area contributed by atoms with Crippen molar-refractivity contribution in [1.29, 1.82) is 0 Å². The zero-order chi connectivity index (χ0) is 12.4. The molecule has 98 valence electrons. The van der Waals surface area contributed by atoms with E-state index >= 15 is 0 Å². The van der Waals surface area contributed by atoms with Crippen LogP contribution >= 0.6 is 11.3 Å². The first-order valence-electron chi connectivity index (χ1n) is 7.15. The van der Waals surface area contributed by atoms with Gasteiger partial charge in [-0.1, -0.05) is 19.8 Å². The van der Waals surface area contributed by atoms with Gasteiger partial charge in [-0.05, 0) is 47.1 Å². The minimum Gasteiger partial charge on any atom is -0.371 e. The van der Waals surface area contributed by atoms with E-state index in [2.05, 4.69) is 29.1 Å². The van der Waals surface area contributed by atoms with Crippen molar-refractivity contribution in [3.63, 3.8) is 0 Å². The van der Waals surface area contributed by atoms with Crippen LogP contribution < -0.4 is 5.32 Å². The second kappa shape index (κ2) is 5.43. The summed E-state index contributed by atoms with van der Waals surface area (Å²) in [6, 6.07) is 2.29. The Kier molecular flexibility index (Phi) is 3.69. The van der Waals surface area contributed by atoms with E-state index in [4.69, 9.17) is 4.99 Å². The zero-order valence-electron chi connectivity index (χ0n) is 11.1. The molecular weight excluding hydrogens is 240 g/mol. The quantitative estimate of drug-likeness (QED) is 0.883. The van der Waals surface area contributed by atoms with Gasteiger partial charge in [0.05, 0.1) is 6.54 Å². The second-order valence-corrected chi connectivity index (χ2v) is 6.53. The van der Waals surface area contributed by atoms with E-state index in [1.165, 1.54) is 37.1 Å². The van der Waals surface area contributed by atoms with Gasteiger partial charge >= 0.3 is 0 Å². The van der Waals surface area contributed by atoms with Gasteiger partial charge < -0.3 is 5.32 Å². The first kappa shape index (κ1) is 12.2. The maximum absolute atomic E-state index is 4.70. The van der Waals surface area contributed by atoms with Crippen molar-refractivity contribution in [1.82, 2.24) is 5.32 Å². The number of hydrogen-bond donors (Lipinski definition) is 1. The van der Waals surface area contributed by atoms with E-state index in [1.807, 2.05) is 11.3 Å². The van der Waals surface area contributed by atoms with Crippen molar-refractivity contribution in [3.8, 4) is 0 Å². The Morgan fingerprint density at radius 1 is 1.33 bits per heavy atom. The molecule has 3 rings (SSSR count). The molecule has 1 fully saturated rings. The van der Waals surface area contributed by atoms with Crippen molar-refractivity contribution in [3.05, 3.63) is 22.4 Å². The van der Waals surface area contributed by atoms with E-state index in [9.17, 15) is 0 Å². The van der Waals surface area contributed by atoms with Crippen molar-refractivity contribution in [2.45, 2.75) is 38.5 Å². The summed E-state index contributed by atoms with van der Waals surface area (Å²) in [5, 5.41) is 8.02. The molecule has 0 bridgehead atoms. The Balaban J connectivity index is 1.81. The van der Waals surface area contributed by atoms with Crippen LogP contribution in [0.1, 0.15) is 44.1 Å². The minimum atomic E-state index is 0.534. The van der Waals surface area contributed by atoms with Crippen LogP contribution in [0, 0.1) is 11.8 Å². The van der Waals surface area contributed by atoms with Gasteiger partial charge in [0, 0.05) is 12.5 Å². The SMILES string of the molecule is CC1CCC(C(C2=NCCN2)c2ccsc2)CC1. The third-order valence-corrected chi connectivity index (χ3v) is 5.13. The third-order valence-electron chi connectivity index (χ3n) is 4.43. The lowest BCUT2D eigenvalue weighted by molar-refractivity contribution is 0.277. The molecular formula is C15H22N2S. The largest absolute Gasteiger partial charge is 0.371 e. The lowest BCUT2D eigenvalue weighted by atomic mass is 9.74. The predicted molar refractivity (Wildman–Crippen MR) is 78.5 cm³/mol. The summed E-state index contributed by atoms with van der Waals surface area (Å²) in [7, 11) is 0. The highest BCUT2D eigenvalue weighted by Crippen LogP contribution is 2.39. The van der Waals surface area contributed by atoms with Gasteiger partial charge in [0.2, 0.25) is 0 Å². The average molecular weight is 262 g/mol. The van der Waals surface area contributed by atoms with Crippen LogP contribution in [0.15, 0.2) is 21.8 Å². The summed E-state index contributed by atoms with van der Waals surface area (Å²) in [6.07, 6.45) is 5.50. The highest BCUT2D eigenvalue weighted by Gasteiger charge is 2.32. The van der Waals surface area contributed by atoms with Crippen molar-refractivity contribution >= 4 is 17.2 Å². The van der Waals surface area contributed by atoms with Crippen LogP contribution in [0.5, 0.6) is 0 Å². The molecule has 1 aromatic heterocycles. The Morgan fingerprint density at radius 3 is 2.78 bits per heavy atom. The molecule has 1 aromatic rings. The number of aliphatic imine (C=N–C) groups is 1. The normalized spacial score (nSPS) is 29.7. The van der Waals surface area contributed by atoms with Crippen LogP contribution in [0.2, 0.25) is 0 Å². The highest BCUT2D eigenvalue weighted by molar-refractivity contribution is 7.08. The van der Waals surface area contributed by atoms with Gasteiger partial charge in [-0.3, -0.25) is 4.99 Å². The molecule has 2 heterocycles. The fourth-order valence-electron chi connectivity index (χ4n) is 3.35. The van der Waals surface area contributed by atoms with E-state index in [-0.39, 0.29) is 0 Å². The van der Waals surface area contributed by atoms with Gasteiger partial charge in [0.1, 0.15) is 5.84 Å². The summed E-state index contributed by atoms with van der Waals surface area (Å²) in [6.45, 7) is 4.37. The first-order valence-corrected chi connectivity index (χ1v) is 8.09. The molecule has 0 amide bonds. The monoisotopic (exact) mass is 262 g/mol. The van der Waals surface area contributed by atoms with Gasteiger partial charge in [0.25, 0.3) is 0 Å². The summed E-state index contributed by atoms with van der Waals surface area (Å²) >= 11 is 1.81. The van der Waals surface area contributed by atoms with Gasteiger partial charge in [-0.15, -0.1) is 0 Å². The molecule has 0 aromatic carbocycles. The standard InChI is InChI=1S/C15H22N2S/c1-11-2-4-12(5-3-11)14(13-6-9-18-10-13)15-16-7-8-17-15/h6,9-12,14H,2-5,7-8H2,1H3,(H,16,17). The molecule has 1 unspecified atom stereocenters. The fraction of sp³-hybridized carbons (Fsp3) is 0.667. The molecule has 2 nitrogen and oxygen atoms in total. The zero-order valence-corrected chi connectivity index (χ0v) is 11.9. The van der Waals surface area contributed by atoms with Crippen molar-refractivity contribution in [2.24, 2.45) is 16.8 Å². The molecule has 0 saturated heterocycles. The minimum absolute atomic E-state index is 0.534. The molecule has 18 heavy (non-hydrogen) atoms. The first-order chi connectivity index (χ1) is 8.84. The number of nitrogens with one attached hydrogen (secondary N) is 1. The number of hydrogen-bond acceptors (Lipinski definition) is 3. The van der Waals surface area contributed by atoms with Crippen molar-refractivity contribution in [2.75, 3.05) is 13.1 Å². The molecule has 1 N–H and O–H groups in total. The van der Waals surface area contributed by atoms with Crippen molar-refractivity contribution < 1.29 is 0 Å². The Bertz CT molecular complexity index is 402. The summed E-state index contributed by atoms with van der Waals surface area (Å²) in [5.74, 6) is 3.50. The molecule has 0 radical (unpaired) electrons. The number of nitrogens with zero attached hydrogens (tertiary/aromatic N) is 1. The Morgan fingerprint density at radius 2 is 2.17 bits per heavy atom. The maximum Gasteiger partial charge on any atom is 0.104 e. The van der Waals surface area contributed by atoms with Crippen LogP contribution in [-0.2, 0) is 0 Å². The van der Waals surface area contributed by atoms with Gasteiger partial charge in [0.15, 0.2) is 0 Å². The number of amidine groups is 1. The third kappa shape index (κ3) is 2.46. The second-order valence-electron chi connectivity index (χ2n) is 5.75. The molecule has 1 saturated carbocycles. The van der Waals surface area contributed by atoms with Gasteiger partial charge in [-0.2, -0.15) is 11.3 Å². The molecule has 1 aliphatic carbocycles. The maximum atomic E-state index is 4.70. The van der Waals surface area contributed by atoms with Crippen LogP contribution in [0.3, 0.4) is 0 Å². The van der Waals surface area contributed by atoms with Crippen LogP contribution in [0.4, 0.5) is 0 Å². The summed E-state index contributed by atoms with van der Waals surface area (Å²) in [5.41, 5.74) is 1.48. The van der Waals surface area contributed by atoms with E-state index < -0.39 is 0 Å². The smallest absolute Gasteiger partial charge is 0.104 e. The molecule has 3 heteroatoms. The van der Waals surface area contributed by atoms with E-state index in [0.29, 0.717) is 5.92 Å². The summed E-state index contributed by atoms with van der Waals surface area (Å²) < 4.78 is 0. The lowest BCUT2D eigenvalue weighted by Crippen LogP contribution is -2.32. The average Bonchev–Trinajstić information content (AvgIpc) is 3.06. The van der Waals surface area contributed by atoms with Crippen LogP contribution in [-0.4, -0.2) is 18.9 Å². The van der Waals surface area contributed by atoms with E-state index in [0.717, 1.165) is 24.9 Å².